The Morgan fingerprint density at radius 1 is 1.22 bits per heavy atom. The second-order valence-corrected chi connectivity index (χ2v) is 8.94. The van der Waals surface area contributed by atoms with Gasteiger partial charge in [-0.05, 0) is 61.6 Å². The van der Waals surface area contributed by atoms with Gasteiger partial charge in [-0.1, -0.05) is 17.7 Å². The van der Waals surface area contributed by atoms with Crippen molar-refractivity contribution in [2.75, 3.05) is 0 Å². The average Bonchev–Trinajstić information content (AvgIpc) is 3.35. The van der Waals surface area contributed by atoms with E-state index in [0.29, 0.717) is 12.1 Å². The van der Waals surface area contributed by atoms with Crippen LogP contribution in [0.3, 0.4) is 0 Å². The molecule has 3 aromatic rings. The number of nitrogens with zero attached hydrogens (tertiary/aromatic N) is 2. The Kier molecular flexibility index (Phi) is 5.87. The molecule has 1 aliphatic carbocycles. The third-order valence-corrected chi connectivity index (χ3v) is 6.48. The highest BCUT2D eigenvalue weighted by molar-refractivity contribution is 6.30. The number of ether oxygens (including phenoxy) is 1. The predicted octanol–water partition coefficient (Wildman–Crippen LogP) is 5.08. The van der Waals surface area contributed by atoms with Gasteiger partial charge in [-0.15, -0.1) is 0 Å². The van der Waals surface area contributed by atoms with Crippen molar-refractivity contribution in [3.05, 3.63) is 70.4 Å². The maximum absolute atomic E-state index is 13.4. The number of hydrogen-bond acceptors (Lipinski definition) is 3. The first-order chi connectivity index (χ1) is 15.5. The summed E-state index contributed by atoms with van der Waals surface area (Å²) in [5.74, 6) is 1.28. The van der Waals surface area contributed by atoms with Gasteiger partial charge in [0.1, 0.15) is 17.4 Å². The van der Waals surface area contributed by atoms with E-state index in [9.17, 15) is 9.18 Å². The largest absolute Gasteiger partial charge is 0.490 e. The Labute approximate surface area is 191 Å². The molecule has 0 bridgehead atoms. The lowest BCUT2D eigenvalue weighted by Gasteiger charge is -2.27. The number of benzene rings is 2. The zero-order valence-electron chi connectivity index (χ0n) is 17.7. The Bertz CT molecular complexity index is 1130. The average molecular weight is 454 g/mol. The molecule has 32 heavy (non-hydrogen) atoms. The number of halogens is 2. The molecule has 5 rings (SSSR count). The highest BCUT2D eigenvalue weighted by atomic mass is 35.5. The zero-order valence-corrected chi connectivity index (χ0v) is 18.5. The molecule has 0 unspecified atom stereocenters. The molecular formula is C25H25ClFN3O2. The molecule has 7 heteroatoms. The zero-order chi connectivity index (χ0) is 22.1. The number of nitrogens with one attached hydrogen (secondary N) is 1. The van der Waals surface area contributed by atoms with Crippen LogP contribution in [0.5, 0.6) is 5.75 Å². The number of rotatable bonds is 7. The summed E-state index contributed by atoms with van der Waals surface area (Å²) in [6.45, 7) is 1.36. The molecule has 2 aromatic carbocycles. The fourth-order valence-corrected chi connectivity index (χ4v) is 4.35. The molecule has 1 aromatic heterocycles. The van der Waals surface area contributed by atoms with Crippen LogP contribution < -0.4 is 10.1 Å². The number of aromatic nitrogens is 2. The van der Waals surface area contributed by atoms with E-state index in [1.807, 2.05) is 12.1 Å². The van der Waals surface area contributed by atoms with E-state index in [4.69, 9.17) is 21.3 Å². The van der Waals surface area contributed by atoms with Crippen molar-refractivity contribution in [2.24, 2.45) is 0 Å². The van der Waals surface area contributed by atoms with Crippen molar-refractivity contribution in [1.82, 2.24) is 14.9 Å². The van der Waals surface area contributed by atoms with E-state index in [-0.39, 0.29) is 23.5 Å². The maximum Gasteiger partial charge on any atom is 0.224 e. The van der Waals surface area contributed by atoms with Gasteiger partial charge in [0.25, 0.3) is 0 Å². The molecule has 1 amide bonds. The fraction of sp³-hybridized carbons (Fsp3) is 0.360. The molecule has 1 fully saturated rings. The Morgan fingerprint density at radius 3 is 2.84 bits per heavy atom. The normalized spacial score (nSPS) is 15.3. The second kappa shape index (κ2) is 8.94. The van der Waals surface area contributed by atoms with Gasteiger partial charge in [0, 0.05) is 36.8 Å². The van der Waals surface area contributed by atoms with Crippen molar-refractivity contribution >= 4 is 17.5 Å². The Balaban J connectivity index is 1.32. The number of aryl methyl sites for hydroxylation is 2. The number of carbonyl (C=O) groups is 1. The SMILES string of the molecule is O=C(Cc1ccc(F)c(Cl)c1)NCc1cc(-c2cn3c(n2)CCC3)ccc1OC1CCC1. The van der Waals surface area contributed by atoms with Crippen molar-refractivity contribution < 1.29 is 13.9 Å². The summed E-state index contributed by atoms with van der Waals surface area (Å²) in [5, 5.41) is 2.99. The van der Waals surface area contributed by atoms with Crippen molar-refractivity contribution in [2.45, 2.75) is 57.7 Å². The highest BCUT2D eigenvalue weighted by Gasteiger charge is 2.21. The lowest BCUT2D eigenvalue weighted by molar-refractivity contribution is -0.120. The molecular weight excluding hydrogens is 429 g/mol. The van der Waals surface area contributed by atoms with Gasteiger partial charge in [0.15, 0.2) is 0 Å². The van der Waals surface area contributed by atoms with E-state index < -0.39 is 5.82 Å². The van der Waals surface area contributed by atoms with Gasteiger partial charge in [0.05, 0.1) is 23.2 Å². The number of carbonyl (C=O) groups excluding carboxylic acids is 1. The molecule has 166 valence electrons. The maximum atomic E-state index is 13.4. The first-order valence-electron chi connectivity index (χ1n) is 11.1. The summed E-state index contributed by atoms with van der Waals surface area (Å²) >= 11 is 5.83. The second-order valence-electron chi connectivity index (χ2n) is 8.53. The van der Waals surface area contributed by atoms with Crippen molar-refractivity contribution in [3.8, 4) is 17.0 Å². The monoisotopic (exact) mass is 453 g/mol. The Hall–Kier alpha value is -2.86. The van der Waals surface area contributed by atoms with Crippen LogP contribution in [0.1, 0.15) is 42.6 Å². The minimum Gasteiger partial charge on any atom is -0.490 e. The standard InChI is InChI=1S/C25H25ClFN3O2/c26-20-11-16(6-8-21(20)27)12-25(31)28-14-18-13-17(7-9-23(18)32-19-3-1-4-19)22-15-30-10-2-5-24(30)29-22/h6-9,11,13,15,19H,1-5,10,12,14H2,(H,28,31). The molecule has 1 aliphatic heterocycles. The molecule has 1 N–H and O–H groups in total. The van der Waals surface area contributed by atoms with Crippen LogP contribution >= 0.6 is 11.6 Å². The highest BCUT2D eigenvalue weighted by Crippen LogP contribution is 2.31. The fourth-order valence-electron chi connectivity index (χ4n) is 4.15. The van der Waals surface area contributed by atoms with Gasteiger partial charge >= 0.3 is 0 Å². The minimum atomic E-state index is -0.490. The first kappa shape index (κ1) is 21.0. The van der Waals surface area contributed by atoms with Crippen LogP contribution in [0.15, 0.2) is 42.6 Å². The van der Waals surface area contributed by atoms with Crippen LogP contribution in [0, 0.1) is 5.82 Å². The van der Waals surface area contributed by atoms with E-state index in [1.54, 1.807) is 6.07 Å². The molecule has 2 heterocycles. The van der Waals surface area contributed by atoms with Crippen molar-refractivity contribution in [1.29, 1.82) is 0 Å². The molecule has 1 saturated carbocycles. The van der Waals surface area contributed by atoms with Crippen molar-refractivity contribution in [3.63, 3.8) is 0 Å². The number of hydrogen-bond donors (Lipinski definition) is 1. The van der Waals surface area contributed by atoms with E-state index >= 15 is 0 Å². The third-order valence-electron chi connectivity index (χ3n) is 6.19. The number of fused-ring (bicyclic) bond motifs is 1. The van der Waals surface area contributed by atoms with Gasteiger partial charge in [0.2, 0.25) is 5.91 Å². The summed E-state index contributed by atoms with van der Waals surface area (Å²) in [6.07, 6.45) is 7.95. The van der Waals surface area contributed by atoms with Gasteiger partial charge in [-0.2, -0.15) is 0 Å². The number of amides is 1. The van der Waals surface area contributed by atoms with Gasteiger partial charge in [-0.25, -0.2) is 9.37 Å². The van der Waals surface area contributed by atoms with E-state index in [1.165, 1.54) is 18.6 Å². The molecule has 0 atom stereocenters. The summed E-state index contributed by atoms with van der Waals surface area (Å²) in [6, 6.07) is 10.4. The van der Waals surface area contributed by atoms with E-state index in [0.717, 1.165) is 60.6 Å². The summed E-state index contributed by atoms with van der Waals surface area (Å²) < 4.78 is 21.8. The van der Waals surface area contributed by atoms with Crippen LogP contribution in [0.4, 0.5) is 4.39 Å². The number of imidazole rings is 1. The summed E-state index contributed by atoms with van der Waals surface area (Å²) in [7, 11) is 0. The van der Waals surface area contributed by atoms with Gasteiger partial charge < -0.3 is 14.6 Å². The van der Waals surface area contributed by atoms with Crippen LogP contribution in [0.2, 0.25) is 5.02 Å². The Morgan fingerprint density at radius 2 is 2.09 bits per heavy atom. The van der Waals surface area contributed by atoms with Crippen LogP contribution in [0.25, 0.3) is 11.3 Å². The topological polar surface area (TPSA) is 56.2 Å². The van der Waals surface area contributed by atoms with Crippen LogP contribution in [-0.4, -0.2) is 21.6 Å². The van der Waals surface area contributed by atoms with Crippen LogP contribution in [-0.2, 0) is 30.7 Å². The first-order valence-corrected chi connectivity index (χ1v) is 11.5. The quantitative estimate of drug-likeness (QED) is 0.542. The smallest absolute Gasteiger partial charge is 0.224 e. The molecule has 2 aliphatic rings. The summed E-state index contributed by atoms with van der Waals surface area (Å²) in [4.78, 5) is 17.3. The molecule has 5 nitrogen and oxygen atoms in total. The lowest BCUT2D eigenvalue weighted by atomic mass is 9.96. The third kappa shape index (κ3) is 4.51. The van der Waals surface area contributed by atoms with Gasteiger partial charge in [-0.3, -0.25) is 4.79 Å². The molecule has 0 saturated heterocycles. The predicted molar refractivity (Wildman–Crippen MR) is 121 cm³/mol. The van der Waals surface area contributed by atoms with E-state index in [2.05, 4.69) is 22.1 Å². The minimum absolute atomic E-state index is 0.0196. The lowest BCUT2D eigenvalue weighted by Crippen LogP contribution is -2.27. The molecule has 0 spiro atoms. The summed E-state index contributed by atoms with van der Waals surface area (Å²) in [5.41, 5.74) is 3.56. The molecule has 0 radical (unpaired) electrons.